The van der Waals surface area contributed by atoms with Crippen LogP contribution in [-0.4, -0.2) is 30.0 Å². The fourth-order valence-electron chi connectivity index (χ4n) is 0.707. The lowest BCUT2D eigenvalue weighted by Crippen LogP contribution is -2.02. The Balaban J connectivity index is 4.82. The van der Waals surface area contributed by atoms with E-state index in [0.717, 1.165) is 0 Å². The van der Waals surface area contributed by atoms with Crippen molar-refractivity contribution < 1.29 is 19.8 Å². The van der Waals surface area contributed by atoms with Gasteiger partial charge in [0.1, 0.15) is 7.85 Å². The van der Waals surface area contributed by atoms with Gasteiger partial charge in [-0.2, -0.15) is 0 Å². The molecule has 0 heterocycles. The maximum atomic E-state index is 10.6. The highest BCUT2D eigenvalue weighted by molar-refractivity contribution is 6.24. The van der Waals surface area contributed by atoms with Crippen molar-refractivity contribution in [2.75, 3.05) is 0 Å². The minimum Gasteiger partial charge on any atom is -0.478 e. The number of hydrogen-bond acceptors (Lipinski definition) is 2. The maximum Gasteiger partial charge on any atom is 0.335 e. The van der Waals surface area contributed by atoms with E-state index in [4.69, 9.17) is 10.2 Å². The molecule has 4 nitrogen and oxygen atoms in total. The highest BCUT2D eigenvalue weighted by Crippen LogP contribution is 2.05. The SMILES string of the molecule is B/C(C)=C(/C=C\C(=C)C(=O)O)C(=O)O. The Morgan fingerprint density at radius 3 is 2.00 bits per heavy atom. The Morgan fingerprint density at radius 2 is 1.71 bits per heavy atom. The summed E-state index contributed by atoms with van der Waals surface area (Å²) >= 11 is 0. The minimum absolute atomic E-state index is 0.0763. The van der Waals surface area contributed by atoms with Crippen LogP contribution in [-0.2, 0) is 9.59 Å². The summed E-state index contributed by atoms with van der Waals surface area (Å²) in [6.07, 6.45) is 2.40. The molecule has 0 aliphatic carbocycles. The van der Waals surface area contributed by atoms with Crippen LogP contribution in [0.3, 0.4) is 0 Å². The van der Waals surface area contributed by atoms with Gasteiger partial charge in [0.2, 0.25) is 0 Å². The van der Waals surface area contributed by atoms with Crippen molar-refractivity contribution in [3.8, 4) is 0 Å². The molecule has 5 heteroatoms. The first kappa shape index (κ1) is 12.2. The molecule has 0 saturated heterocycles. The molecule has 0 aromatic rings. The molecule has 0 unspecified atom stereocenters. The quantitative estimate of drug-likeness (QED) is 0.380. The third-order valence-corrected chi connectivity index (χ3v) is 1.49. The van der Waals surface area contributed by atoms with Crippen molar-refractivity contribution >= 4 is 19.8 Å². The molecule has 14 heavy (non-hydrogen) atoms. The van der Waals surface area contributed by atoms with Crippen LogP contribution in [0, 0.1) is 0 Å². The van der Waals surface area contributed by atoms with Crippen molar-refractivity contribution in [1.82, 2.24) is 0 Å². The lowest BCUT2D eigenvalue weighted by molar-refractivity contribution is -0.133. The van der Waals surface area contributed by atoms with Gasteiger partial charge in [0.05, 0.1) is 5.57 Å². The Labute approximate surface area is 82.7 Å². The van der Waals surface area contributed by atoms with Gasteiger partial charge in [-0.3, -0.25) is 0 Å². The maximum absolute atomic E-state index is 10.6. The lowest BCUT2D eigenvalue weighted by atomic mass is 9.91. The molecule has 0 amide bonds. The van der Waals surface area contributed by atoms with Gasteiger partial charge < -0.3 is 10.2 Å². The minimum atomic E-state index is -1.17. The number of carboxylic acid groups (broad SMARTS) is 2. The fraction of sp³-hybridized carbons (Fsp3) is 0.111. The molecule has 0 rings (SSSR count). The molecule has 74 valence electrons. The van der Waals surface area contributed by atoms with Crippen LogP contribution in [0.4, 0.5) is 0 Å². The molecule has 0 aliphatic rings. The first-order valence-electron chi connectivity index (χ1n) is 3.87. The van der Waals surface area contributed by atoms with Crippen molar-refractivity contribution in [3.63, 3.8) is 0 Å². The fourth-order valence-corrected chi connectivity index (χ4v) is 0.707. The topological polar surface area (TPSA) is 74.6 Å². The van der Waals surface area contributed by atoms with Crippen molar-refractivity contribution in [2.45, 2.75) is 6.92 Å². The van der Waals surface area contributed by atoms with Crippen LogP contribution < -0.4 is 0 Å². The molecule has 0 aromatic heterocycles. The van der Waals surface area contributed by atoms with Gasteiger partial charge in [-0.1, -0.05) is 19.0 Å². The largest absolute Gasteiger partial charge is 0.478 e. The molecule has 0 fully saturated rings. The summed E-state index contributed by atoms with van der Waals surface area (Å²) in [5, 5.41) is 17.2. The molecule has 0 aliphatic heterocycles. The van der Waals surface area contributed by atoms with Crippen LogP contribution >= 0.6 is 0 Å². The summed E-state index contributed by atoms with van der Waals surface area (Å²) in [6, 6.07) is 0. The van der Waals surface area contributed by atoms with E-state index in [0.29, 0.717) is 5.47 Å². The first-order chi connectivity index (χ1) is 6.36. The standard InChI is InChI=1S/C9H11BO4/c1-5(8(11)12)3-4-7(6(2)10)9(13)14/h3-4H,1,10H2,2H3,(H,11,12)(H,13,14)/b4-3-,7-6-. The molecule has 0 saturated carbocycles. The third-order valence-electron chi connectivity index (χ3n) is 1.49. The summed E-state index contributed by atoms with van der Waals surface area (Å²) in [4.78, 5) is 21.0. The molecular weight excluding hydrogens is 183 g/mol. The van der Waals surface area contributed by atoms with Gasteiger partial charge in [0.25, 0.3) is 0 Å². The first-order valence-corrected chi connectivity index (χ1v) is 3.87. The average molecular weight is 194 g/mol. The van der Waals surface area contributed by atoms with E-state index in [1.165, 1.54) is 12.2 Å². The average Bonchev–Trinajstić information content (AvgIpc) is 2.02. The summed E-state index contributed by atoms with van der Waals surface area (Å²) in [5.74, 6) is -2.25. The van der Waals surface area contributed by atoms with Crippen LogP contribution in [0.2, 0.25) is 0 Å². The van der Waals surface area contributed by atoms with Crippen LogP contribution in [0.25, 0.3) is 0 Å². The molecule has 2 N–H and O–H groups in total. The zero-order valence-electron chi connectivity index (χ0n) is 8.07. The summed E-state index contributed by atoms with van der Waals surface area (Å²) in [6.45, 7) is 4.88. The number of hydrogen-bond donors (Lipinski definition) is 2. The number of rotatable bonds is 4. The number of allylic oxidation sites excluding steroid dienone is 1. The van der Waals surface area contributed by atoms with Gasteiger partial charge in [-0.25, -0.2) is 9.59 Å². The van der Waals surface area contributed by atoms with Crippen LogP contribution in [0.1, 0.15) is 6.92 Å². The second kappa shape index (κ2) is 5.06. The predicted octanol–water partition coefficient (Wildman–Crippen LogP) is 0.175. The highest BCUT2D eigenvalue weighted by atomic mass is 16.4. The monoisotopic (exact) mass is 194 g/mol. The van der Waals surface area contributed by atoms with Crippen molar-refractivity contribution in [2.24, 2.45) is 0 Å². The van der Waals surface area contributed by atoms with Gasteiger partial charge >= 0.3 is 11.9 Å². The molecule has 0 spiro atoms. The number of carboxylic acids is 2. The highest BCUT2D eigenvalue weighted by Gasteiger charge is 2.05. The zero-order chi connectivity index (χ0) is 11.3. The Kier molecular flexibility index (Phi) is 4.42. The summed E-state index contributed by atoms with van der Waals surface area (Å²) < 4.78 is 0. The zero-order valence-corrected chi connectivity index (χ0v) is 8.07. The third kappa shape index (κ3) is 3.75. The smallest absolute Gasteiger partial charge is 0.335 e. The molecule has 0 bridgehead atoms. The second-order valence-corrected chi connectivity index (χ2v) is 2.88. The molecule has 0 atom stereocenters. The van der Waals surface area contributed by atoms with E-state index in [-0.39, 0.29) is 11.1 Å². The summed E-state index contributed by atoms with van der Waals surface area (Å²) in [5.41, 5.74) is 0.532. The van der Waals surface area contributed by atoms with Gasteiger partial charge in [0.15, 0.2) is 0 Å². The number of carbonyl (C=O) groups is 2. The van der Waals surface area contributed by atoms with Crippen LogP contribution in [0.15, 0.2) is 35.3 Å². The molecule has 0 radical (unpaired) electrons. The van der Waals surface area contributed by atoms with Crippen molar-refractivity contribution in [3.05, 3.63) is 35.3 Å². The van der Waals surface area contributed by atoms with E-state index < -0.39 is 11.9 Å². The van der Waals surface area contributed by atoms with E-state index in [9.17, 15) is 9.59 Å². The van der Waals surface area contributed by atoms with Crippen molar-refractivity contribution in [1.29, 1.82) is 0 Å². The predicted molar refractivity (Wildman–Crippen MR) is 54.8 cm³/mol. The lowest BCUT2D eigenvalue weighted by Gasteiger charge is -1.97. The van der Waals surface area contributed by atoms with Gasteiger partial charge in [-0.15, -0.1) is 0 Å². The number of aliphatic carboxylic acids is 2. The second-order valence-electron chi connectivity index (χ2n) is 2.88. The molecule has 0 aromatic carbocycles. The molecular formula is C9H11BO4. The summed E-state index contributed by atoms with van der Waals surface area (Å²) in [7, 11) is 1.64. The Morgan fingerprint density at radius 1 is 1.21 bits per heavy atom. The van der Waals surface area contributed by atoms with Gasteiger partial charge in [-0.05, 0) is 12.2 Å². The van der Waals surface area contributed by atoms with E-state index >= 15 is 0 Å². The van der Waals surface area contributed by atoms with Gasteiger partial charge in [0, 0.05) is 5.57 Å². The van der Waals surface area contributed by atoms with E-state index in [1.807, 2.05) is 0 Å². The van der Waals surface area contributed by atoms with E-state index in [2.05, 4.69) is 6.58 Å². The normalized spacial score (nSPS) is 12.4. The van der Waals surface area contributed by atoms with E-state index in [1.54, 1.807) is 14.8 Å². The Bertz CT molecular complexity index is 335. The Hall–Kier alpha value is -1.78. The van der Waals surface area contributed by atoms with Crippen LogP contribution in [0.5, 0.6) is 0 Å².